The molecule has 0 saturated carbocycles. The maximum Gasteiger partial charge on any atom is 0.138 e. The van der Waals surface area contributed by atoms with E-state index in [9.17, 15) is 0 Å². The molecule has 0 aliphatic carbocycles. The first-order valence-electron chi connectivity index (χ1n) is 3.67. The molecule has 5 heteroatoms. The number of anilines is 1. The molecule has 0 bridgehead atoms. The van der Waals surface area contributed by atoms with E-state index < -0.39 is 0 Å². The molecular weight excluding hydrogens is 232 g/mol. The van der Waals surface area contributed by atoms with Crippen LogP contribution in [0.15, 0.2) is 35.3 Å². The highest BCUT2D eigenvalue weighted by Gasteiger charge is 1.99. The smallest absolute Gasteiger partial charge is 0.138 e. The minimum absolute atomic E-state index is 0.688. The molecule has 0 amide bonds. The van der Waals surface area contributed by atoms with Gasteiger partial charge in [-0.2, -0.15) is 5.10 Å². The van der Waals surface area contributed by atoms with Gasteiger partial charge in [0.1, 0.15) is 12.7 Å². The summed E-state index contributed by atoms with van der Waals surface area (Å²) in [5.41, 5.74) is 7.31. The number of nitrogens with zero attached hydrogens (tertiary/aromatic N) is 3. The van der Waals surface area contributed by atoms with E-state index in [0.717, 1.165) is 10.2 Å². The van der Waals surface area contributed by atoms with Crippen LogP contribution in [0.1, 0.15) is 0 Å². The summed E-state index contributed by atoms with van der Waals surface area (Å²) >= 11 is 3.32. The number of aromatic nitrogens is 3. The number of rotatable bonds is 1. The summed E-state index contributed by atoms with van der Waals surface area (Å²) in [6.45, 7) is 0. The molecule has 0 saturated heterocycles. The quantitative estimate of drug-likeness (QED) is 0.769. The number of nitrogen functional groups attached to an aromatic ring is 1. The molecule has 0 spiro atoms. The minimum atomic E-state index is 0.688. The highest BCUT2D eigenvalue weighted by Crippen LogP contribution is 2.21. The summed E-state index contributed by atoms with van der Waals surface area (Å²) < 4.78 is 2.54. The molecule has 2 aromatic rings. The molecule has 66 valence electrons. The number of nitrogens with two attached hydrogens (primary N) is 1. The van der Waals surface area contributed by atoms with Crippen LogP contribution in [0.3, 0.4) is 0 Å². The second kappa shape index (κ2) is 3.18. The Labute approximate surface area is 83.5 Å². The molecule has 0 radical (unpaired) electrons. The first kappa shape index (κ1) is 8.25. The first-order valence-corrected chi connectivity index (χ1v) is 4.47. The van der Waals surface area contributed by atoms with Gasteiger partial charge in [-0.15, -0.1) is 0 Å². The van der Waals surface area contributed by atoms with Gasteiger partial charge in [-0.25, -0.2) is 9.67 Å². The molecule has 1 heterocycles. The van der Waals surface area contributed by atoms with Crippen molar-refractivity contribution in [3.05, 3.63) is 35.3 Å². The van der Waals surface area contributed by atoms with Crippen molar-refractivity contribution in [1.82, 2.24) is 14.8 Å². The molecule has 2 N–H and O–H groups in total. The van der Waals surface area contributed by atoms with E-state index in [1.54, 1.807) is 11.0 Å². The van der Waals surface area contributed by atoms with E-state index in [1.165, 1.54) is 6.33 Å². The Hall–Kier alpha value is -1.36. The van der Waals surface area contributed by atoms with Gasteiger partial charge in [0.05, 0.1) is 5.69 Å². The van der Waals surface area contributed by atoms with Crippen molar-refractivity contribution in [2.75, 3.05) is 5.73 Å². The molecule has 0 unspecified atom stereocenters. The third-order valence-electron chi connectivity index (χ3n) is 1.66. The van der Waals surface area contributed by atoms with Crippen LogP contribution in [0.4, 0.5) is 5.69 Å². The first-order chi connectivity index (χ1) is 6.27. The number of hydrogen-bond donors (Lipinski definition) is 1. The lowest BCUT2D eigenvalue weighted by Gasteiger charge is -2.02. The lowest BCUT2D eigenvalue weighted by molar-refractivity contribution is 0.879. The van der Waals surface area contributed by atoms with Crippen molar-refractivity contribution in [1.29, 1.82) is 0 Å². The van der Waals surface area contributed by atoms with Crippen LogP contribution in [0.5, 0.6) is 0 Å². The standard InChI is InChI=1S/C8H7BrN4/c9-7-2-1-6(3-8(7)10)13-5-11-4-12-13/h1-5H,10H2. The van der Waals surface area contributed by atoms with Crippen molar-refractivity contribution in [2.45, 2.75) is 0 Å². The highest BCUT2D eigenvalue weighted by atomic mass is 79.9. The Kier molecular flexibility index (Phi) is 2.02. The predicted octanol–water partition coefficient (Wildman–Crippen LogP) is 1.61. The van der Waals surface area contributed by atoms with Crippen LogP contribution < -0.4 is 5.73 Å². The van der Waals surface area contributed by atoms with E-state index in [4.69, 9.17) is 5.73 Å². The third kappa shape index (κ3) is 1.55. The van der Waals surface area contributed by atoms with Gasteiger partial charge in [-0.05, 0) is 34.1 Å². The third-order valence-corrected chi connectivity index (χ3v) is 2.39. The van der Waals surface area contributed by atoms with Gasteiger partial charge in [0.25, 0.3) is 0 Å². The number of benzene rings is 1. The van der Waals surface area contributed by atoms with Crippen molar-refractivity contribution in [3.8, 4) is 5.69 Å². The summed E-state index contributed by atoms with van der Waals surface area (Å²) in [6.07, 6.45) is 3.11. The second-order valence-electron chi connectivity index (χ2n) is 2.55. The van der Waals surface area contributed by atoms with Crippen molar-refractivity contribution in [3.63, 3.8) is 0 Å². The fourth-order valence-corrected chi connectivity index (χ4v) is 1.26. The van der Waals surface area contributed by atoms with Crippen LogP contribution in [-0.4, -0.2) is 14.8 Å². The topological polar surface area (TPSA) is 56.7 Å². The minimum Gasteiger partial charge on any atom is -0.398 e. The molecule has 4 nitrogen and oxygen atoms in total. The van der Waals surface area contributed by atoms with Gasteiger partial charge < -0.3 is 5.73 Å². The van der Waals surface area contributed by atoms with E-state index in [1.807, 2.05) is 18.2 Å². The van der Waals surface area contributed by atoms with E-state index in [0.29, 0.717) is 5.69 Å². The van der Waals surface area contributed by atoms with Gasteiger partial charge >= 0.3 is 0 Å². The zero-order valence-electron chi connectivity index (χ0n) is 6.68. The van der Waals surface area contributed by atoms with Gasteiger partial charge in [0.15, 0.2) is 0 Å². The lowest BCUT2D eigenvalue weighted by atomic mass is 10.3. The average molecular weight is 239 g/mol. The molecular formula is C8H7BrN4. The lowest BCUT2D eigenvalue weighted by Crippen LogP contribution is -1.96. The fraction of sp³-hybridized carbons (Fsp3) is 0. The average Bonchev–Trinajstić information content (AvgIpc) is 2.62. The maximum atomic E-state index is 5.72. The van der Waals surface area contributed by atoms with Crippen molar-refractivity contribution in [2.24, 2.45) is 0 Å². The van der Waals surface area contributed by atoms with Crippen LogP contribution in [0, 0.1) is 0 Å². The summed E-state index contributed by atoms with van der Waals surface area (Å²) in [5, 5.41) is 3.99. The van der Waals surface area contributed by atoms with Crippen LogP contribution in [-0.2, 0) is 0 Å². The van der Waals surface area contributed by atoms with Gasteiger partial charge in [-0.1, -0.05) is 0 Å². The monoisotopic (exact) mass is 238 g/mol. The number of hydrogen-bond acceptors (Lipinski definition) is 3. The molecule has 2 rings (SSSR count). The molecule has 0 aliphatic heterocycles. The fourth-order valence-electron chi connectivity index (χ4n) is 1.02. The zero-order chi connectivity index (χ0) is 9.26. The van der Waals surface area contributed by atoms with Gasteiger partial charge in [0.2, 0.25) is 0 Å². The Morgan fingerprint density at radius 3 is 2.85 bits per heavy atom. The number of halogens is 1. The summed E-state index contributed by atoms with van der Waals surface area (Å²) in [6, 6.07) is 5.63. The Morgan fingerprint density at radius 2 is 2.23 bits per heavy atom. The summed E-state index contributed by atoms with van der Waals surface area (Å²) in [7, 11) is 0. The zero-order valence-corrected chi connectivity index (χ0v) is 8.27. The maximum absolute atomic E-state index is 5.72. The van der Waals surface area contributed by atoms with Crippen molar-refractivity contribution >= 4 is 21.6 Å². The SMILES string of the molecule is Nc1cc(-n2cncn2)ccc1Br. The van der Waals surface area contributed by atoms with E-state index in [-0.39, 0.29) is 0 Å². The van der Waals surface area contributed by atoms with Crippen LogP contribution in [0.2, 0.25) is 0 Å². The Bertz CT molecular complexity index is 410. The van der Waals surface area contributed by atoms with Gasteiger partial charge in [-0.3, -0.25) is 0 Å². The molecule has 0 aliphatic rings. The molecule has 13 heavy (non-hydrogen) atoms. The Balaban J connectivity index is 2.49. The van der Waals surface area contributed by atoms with E-state index in [2.05, 4.69) is 26.0 Å². The van der Waals surface area contributed by atoms with Crippen LogP contribution in [0.25, 0.3) is 5.69 Å². The predicted molar refractivity (Wildman–Crippen MR) is 53.5 cm³/mol. The van der Waals surface area contributed by atoms with Gasteiger partial charge in [0, 0.05) is 10.2 Å². The highest BCUT2D eigenvalue weighted by molar-refractivity contribution is 9.10. The molecule has 1 aromatic heterocycles. The normalized spacial score (nSPS) is 10.2. The summed E-state index contributed by atoms with van der Waals surface area (Å²) in [5.74, 6) is 0. The summed E-state index contributed by atoms with van der Waals surface area (Å²) in [4.78, 5) is 3.85. The Morgan fingerprint density at radius 1 is 1.38 bits per heavy atom. The molecule has 1 aromatic carbocycles. The second-order valence-corrected chi connectivity index (χ2v) is 3.40. The van der Waals surface area contributed by atoms with E-state index >= 15 is 0 Å². The van der Waals surface area contributed by atoms with Crippen molar-refractivity contribution < 1.29 is 0 Å². The molecule has 0 atom stereocenters. The van der Waals surface area contributed by atoms with Crippen LogP contribution >= 0.6 is 15.9 Å². The largest absolute Gasteiger partial charge is 0.398 e. The molecule has 0 fully saturated rings.